The molecular formula is C17H20N4O2. The number of benzene rings is 1. The second-order valence-corrected chi connectivity index (χ2v) is 5.93. The molecule has 2 aromatic rings. The average Bonchev–Trinajstić information content (AvgIpc) is 2.98. The molecule has 0 saturated carbocycles. The van der Waals surface area contributed by atoms with Crippen molar-refractivity contribution in [3.63, 3.8) is 0 Å². The minimum Gasteiger partial charge on any atom is -0.363 e. The first kappa shape index (κ1) is 15.3. The van der Waals surface area contributed by atoms with E-state index in [1.54, 1.807) is 0 Å². The van der Waals surface area contributed by atoms with Crippen LogP contribution in [0.3, 0.4) is 0 Å². The topological polar surface area (TPSA) is 74.3 Å². The van der Waals surface area contributed by atoms with E-state index >= 15 is 0 Å². The van der Waals surface area contributed by atoms with E-state index in [2.05, 4.69) is 15.6 Å². The minimum atomic E-state index is -0.413. The molecule has 1 aliphatic rings. The van der Waals surface area contributed by atoms with Crippen molar-refractivity contribution in [2.24, 2.45) is 0 Å². The number of nitrogens with one attached hydrogen (secondary N) is 2. The summed E-state index contributed by atoms with van der Waals surface area (Å²) in [5.41, 5.74) is 1.91. The molecule has 1 aromatic heterocycles. The quantitative estimate of drug-likeness (QED) is 0.889. The van der Waals surface area contributed by atoms with Gasteiger partial charge in [0.15, 0.2) is 0 Å². The van der Waals surface area contributed by atoms with E-state index in [9.17, 15) is 9.59 Å². The fraction of sp³-hybridized carbons (Fsp3) is 0.353. The van der Waals surface area contributed by atoms with E-state index in [1.807, 2.05) is 49.3 Å². The molecule has 1 fully saturated rings. The fourth-order valence-corrected chi connectivity index (χ4v) is 2.72. The average molecular weight is 312 g/mol. The van der Waals surface area contributed by atoms with Crippen LogP contribution in [-0.2, 0) is 16.1 Å². The molecule has 6 nitrogen and oxygen atoms in total. The first-order valence-electron chi connectivity index (χ1n) is 7.67. The van der Waals surface area contributed by atoms with Crippen molar-refractivity contribution < 1.29 is 9.59 Å². The first-order valence-corrected chi connectivity index (χ1v) is 7.67. The number of para-hydroxylation sites is 1. The lowest BCUT2D eigenvalue weighted by molar-refractivity contribution is -0.125. The summed E-state index contributed by atoms with van der Waals surface area (Å²) < 4.78 is 0. The molecule has 3 rings (SSSR count). The maximum atomic E-state index is 12.2. The van der Waals surface area contributed by atoms with Gasteiger partial charge in [-0.25, -0.2) is 4.98 Å². The molecule has 1 unspecified atom stereocenters. The number of hydrogen-bond donors (Lipinski definition) is 2. The second-order valence-electron chi connectivity index (χ2n) is 5.93. The molecule has 2 amide bonds. The summed E-state index contributed by atoms with van der Waals surface area (Å²) in [4.78, 5) is 29.9. The molecule has 0 spiro atoms. The van der Waals surface area contributed by atoms with E-state index in [1.165, 1.54) is 0 Å². The Labute approximate surface area is 134 Å². The summed E-state index contributed by atoms with van der Waals surface area (Å²) >= 11 is 0. The van der Waals surface area contributed by atoms with E-state index < -0.39 is 6.04 Å². The van der Waals surface area contributed by atoms with Gasteiger partial charge in [-0.1, -0.05) is 18.2 Å². The van der Waals surface area contributed by atoms with Crippen molar-refractivity contribution in [3.8, 4) is 0 Å². The molecule has 0 bridgehead atoms. The molecule has 6 heteroatoms. The van der Waals surface area contributed by atoms with E-state index in [0.29, 0.717) is 19.4 Å². The zero-order chi connectivity index (χ0) is 16.4. The Balaban J connectivity index is 1.81. The van der Waals surface area contributed by atoms with Gasteiger partial charge >= 0.3 is 0 Å². The van der Waals surface area contributed by atoms with Crippen LogP contribution in [0.4, 0.5) is 5.82 Å². The number of aromatic nitrogens is 1. The normalized spacial score (nSPS) is 17.1. The van der Waals surface area contributed by atoms with Crippen LogP contribution in [-0.4, -0.2) is 36.9 Å². The molecule has 2 N–H and O–H groups in total. The number of rotatable bonds is 4. The van der Waals surface area contributed by atoms with Gasteiger partial charge < -0.3 is 15.5 Å². The summed E-state index contributed by atoms with van der Waals surface area (Å²) in [7, 11) is 3.88. The van der Waals surface area contributed by atoms with Crippen LogP contribution < -0.4 is 15.5 Å². The predicted molar refractivity (Wildman–Crippen MR) is 89.1 cm³/mol. The van der Waals surface area contributed by atoms with Gasteiger partial charge in [-0.2, -0.15) is 0 Å². The van der Waals surface area contributed by atoms with Crippen LogP contribution >= 0.6 is 0 Å². The molecular weight excluding hydrogens is 292 g/mol. The minimum absolute atomic E-state index is 0.0607. The largest absolute Gasteiger partial charge is 0.363 e. The Morgan fingerprint density at radius 2 is 2.17 bits per heavy atom. The molecule has 0 radical (unpaired) electrons. The third-order valence-corrected chi connectivity index (χ3v) is 4.01. The Morgan fingerprint density at radius 3 is 2.87 bits per heavy atom. The highest BCUT2D eigenvalue weighted by atomic mass is 16.2. The van der Waals surface area contributed by atoms with Gasteiger partial charge in [-0.15, -0.1) is 0 Å². The maximum absolute atomic E-state index is 12.2. The SMILES string of the molecule is CN(C)c1cc(CNC(=O)C2CCC(=O)N2)c2ccccc2n1. The number of pyridine rings is 1. The van der Waals surface area contributed by atoms with Gasteiger partial charge in [-0.05, 0) is 24.1 Å². The number of hydrogen-bond acceptors (Lipinski definition) is 4. The highest BCUT2D eigenvalue weighted by Crippen LogP contribution is 2.22. The third-order valence-electron chi connectivity index (χ3n) is 4.01. The highest BCUT2D eigenvalue weighted by molar-refractivity contribution is 5.91. The number of nitrogens with zero attached hydrogens (tertiary/aromatic N) is 2. The van der Waals surface area contributed by atoms with Crippen LogP contribution in [0.2, 0.25) is 0 Å². The zero-order valence-electron chi connectivity index (χ0n) is 13.3. The summed E-state index contributed by atoms with van der Waals surface area (Å²) in [5, 5.41) is 6.63. The van der Waals surface area contributed by atoms with Crippen LogP contribution in [0, 0.1) is 0 Å². The van der Waals surface area contributed by atoms with Crippen molar-refractivity contribution in [1.82, 2.24) is 15.6 Å². The van der Waals surface area contributed by atoms with Crippen LogP contribution in [0.5, 0.6) is 0 Å². The lowest BCUT2D eigenvalue weighted by Gasteiger charge is -2.16. The van der Waals surface area contributed by atoms with Gasteiger partial charge in [0.1, 0.15) is 11.9 Å². The molecule has 1 aromatic carbocycles. The lowest BCUT2D eigenvalue weighted by Crippen LogP contribution is -2.41. The number of carbonyl (C=O) groups excluding carboxylic acids is 2. The first-order chi connectivity index (χ1) is 11.0. The summed E-state index contributed by atoms with van der Waals surface area (Å²) in [6.45, 7) is 0.412. The Morgan fingerprint density at radius 1 is 1.39 bits per heavy atom. The zero-order valence-corrected chi connectivity index (χ0v) is 13.3. The molecule has 1 saturated heterocycles. The van der Waals surface area contributed by atoms with E-state index in [4.69, 9.17) is 0 Å². The standard InChI is InChI=1S/C17H20N4O2/c1-21(2)15-9-11(12-5-3-4-6-13(12)19-15)10-18-17(23)14-7-8-16(22)20-14/h3-6,9,14H,7-8,10H2,1-2H3,(H,18,23)(H,20,22). The van der Waals surface area contributed by atoms with Gasteiger partial charge in [0.2, 0.25) is 11.8 Å². The van der Waals surface area contributed by atoms with Gasteiger partial charge in [0.25, 0.3) is 0 Å². The molecule has 2 heterocycles. The molecule has 23 heavy (non-hydrogen) atoms. The van der Waals surface area contributed by atoms with E-state index in [0.717, 1.165) is 22.3 Å². The Bertz CT molecular complexity index is 757. The van der Waals surface area contributed by atoms with Crippen LogP contribution in [0.15, 0.2) is 30.3 Å². The van der Waals surface area contributed by atoms with E-state index in [-0.39, 0.29) is 11.8 Å². The number of amides is 2. The smallest absolute Gasteiger partial charge is 0.242 e. The summed E-state index contributed by atoms with van der Waals surface area (Å²) in [6.07, 6.45) is 0.978. The molecule has 1 atom stereocenters. The van der Waals surface area contributed by atoms with Crippen molar-refractivity contribution in [3.05, 3.63) is 35.9 Å². The summed E-state index contributed by atoms with van der Waals surface area (Å²) in [5.74, 6) is 0.652. The van der Waals surface area contributed by atoms with Crippen LogP contribution in [0.25, 0.3) is 10.9 Å². The predicted octanol–water partition coefficient (Wildman–Crippen LogP) is 1.20. The van der Waals surface area contributed by atoms with Gasteiger partial charge in [-0.3, -0.25) is 9.59 Å². The molecule has 120 valence electrons. The van der Waals surface area contributed by atoms with Crippen molar-refractivity contribution in [2.45, 2.75) is 25.4 Å². The molecule has 1 aliphatic heterocycles. The van der Waals surface area contributed by atoms with Crippen molar-refractivity contribution in [2.75, 3.05) is 19.0 Å². The summed E-state index contributed by atoms with van der Waals surface area (Å²) in [6, 6.07) is 9.44. The van der Waals surface area contributed by atoms with Crippen molar-refractivity contribution >= 4 is 28.5 Å². The van der Waals surface area contributed by atoms with Gasteiger partial charge in [0, 0.05) is 32.4 Å². The Kier molecular flexibility index (Phi) is 4.14. The van der Waals surface area contributed by atoms with Crippen molar-refractivity contribution in [1.29, 1.82) is 0 Å². The van der Waals surface area contributed by atoms with Gasteiger partial charge in [0.05, 0.1) is 5.52 Å². The number of carbonyl (C=O) groups is 2. The second kappa shape index (κ2) is 6.24. The number of fused-ring (bicyclic) bond motifs is 1. The van der Waals surface area contributed by atoms with Crippen LogP contribution in [0.1, 0.15) is 18.4 Å². The lowest BCUT2D eigenvalue weighted by atomic mass is 10.1. The highest BCUT2D eigenvalue weighted by Gasteiger charge is 2.26. The Hall–Kier alpha value is -2.63. The fourth-order valence-electron chi connectivity index (χ4n) is 2.72. The third kappa shape index (κ3) is 3.26. The monoisotopic (exact) mass is 312 g/mol. The number of anilines is 1. The molecule has 0 aliphatic carbocycles. The maximum Gasteiger partial charge on any atom is 0.242 e.